The first-order chi connectivity index (χ1) is 9.57. The SMILES string of the molecule is OC(CNCC1(O)CCOC1)COc1ccc(Cl)cc1. The van der Waals surface area contributed by atoms with Crippen LogP contribution in [0.3, 0.4) is 0 Å². The molecule has 112 valence electrons. The molecular weight excluding hydrogens is 282 g/mol. The maximum atomic E-state index is 10.0. The number of rotatable bonds is 7. The van der Waals surface area contributed by atoms with Crippen LogP contribution in [0.5, 0.6) is 5.75 Å². The Morgan fingerprint density at radius 1 is 1.40 bits per heavy atom. The van der Waals surface area contributed by atoms with Crippen molar-refractivity contribution in [2.75, 3.05) is 32.9 Å². The molecule has 2 unspecified atom stereocenters. The van der Waals surface area contributed by atoms with Crippen LogP contribution in [-0.4, -0.2) is 54.8 Å². The van der Waals surface area contributed by atoms with Crippen LogP contribution < -0.4 is 10.1 Å². The van der Waals surface area contributed by atoms with E-state index in [1.54, 1.807) is 24.3 Å². The van der Waals surface area contributed by atoms with Crippen molar-refractivity contribution in [3.8, 4) is 5.75 Å². The van der Waals surface area contributed by atoms with Gasteiger partial charge in [0.05, 0.1) is 6.61 Å². The zero-order valence-corrected chi connectivity index (χ0v) is 12.0. The van der Waals surface area contributed by atoms with Crippen molar-refractivity contribution in [2.45, 2.75) is 18.1 Å². The topological polar surface area (TPSA) is 71.0 Å². The summed E-state index contributed by atoms with van der Waals surface area (Å²) in [5, 5.41) is 23.5. The molecule has 1 aromatic carbocycles. The number of hydrogen-bond donors (Lipinski definition) is 3. The van der Waals surface area contributed by atoms with Crippen LogP contribution in [0.15, 0.2) is 24.3 Å². The summed E-state index contributed by atoms with van der Waals surface area (Å²) in [7, 11) is 0. The fourth-order valence-electron chi connectivity index (χ4n) is 1.99. The highest BCUT2D eigenvalue weighted by Gasteiger charge is 2.31. The highest BCUT2D eigenvalue weighted by Crippen LogP contribution is 2.17. The molecular formula is C14H20ClNO4. The molecule has 2 atom stereocenters. The van der Waals surface area contributed by atoms with Crippen molar-refractivity contribution in [1.82, 2.24) is 5.32 Å². The summed E-state index contributed by atoms with van der Waals surface area (Å²) in [5.41, 5.74) is -0.809. The van der Waals surface area contributed by atoms with Crippen molar-refractivity contribution in [3.63, 3.8) is 0 Å². The molecule has 1 aliphatic heterocycles. The van der Waals surface area contributed by atoms with Crippen LogP contribution in [0.1, 0.15) is 6.42 Å². The van der Waals surface area contributed by atoms with Crippen LogP contribution in [0.2, 0.25) is 5.02 Å². The van der Waals surface area contributed by atoms with Gasteiger partial charge >= 0.3 is 0 Å². The first-order valence-corrected chi connectivity index (χ1v) is 7.02. The molecule has 1 heterocycles. The van der Waals surface area contributed by atoms with Crippen molar-refractivity contribution in [2.24, 2.45) is 0 Å². The minimum absolute atomic E-state index is 0.184. The average Bonchev–Trinajstić information content (AvgIpc) is 2.85. The third-order valence-electron chi connectivity index (χ3n) is 3.17. The summed E-state index contributed by atoms with van der Waals surface area (Å²) in [5.74, 6) is 0.663. The fourth-order valence-corrected chi connectivity index (χ4v) is 2.12. The first kappa shape index (κ1) is 15.5. The Morgan fingerprint density at radius 2 is 2.15 bits per heavy atom. The summed E-state index contributed by atoms with van der Waals surface area (Å²) < 4.78 is 10.6. The van der Waals surface area contributed by atoms with E-state index in [0.717, 1.165) is 0 Å². The standard InChI is InChI=1S/C14H20ClNO4/c15-11-1-3-13(4-2-11)20-8-12(17)7-16-9-14(18)5-6-19-10-14/h1-4,12,16-18H,5-10H2. The van der Waals surface area contributed by atoms with E-state index in [2.05, 4.69) is 5.32 Å². The van der Waals surface area contributed by atoms with E-state index in [1.165, 1.54) is 0 Å². The molecule has 0 aromatic heterocycles. The van der Waals surface area contributed by atoms with Crippen molar-refractivity contribution in [1.29, 1.82) is 0 Å². The highest BCUT2D eigenvalue weighted by atomic mass is 35.5. The molecule has 1 aromatic rings. The van der Waals surface area contributed by atoms with Gasteiger partial charge in [0.1, 0.15) is 24.1 Å². The quantitative estimate of drug-likeness (QED) is 0.695. The van der Waals surface area contributed by atoms with Crippen LogP contribution in [0.4, 0.5) is 0 Å². The minimum Gasteiger partial charge on any atom is -0.491 e. The second-order valence-electron chi connectivity index (χ2n) is 5.08. The Kier molecular flexibility index (Phi) is 5.63. The van der Waals surface area contributed by atoms with E-state index in [9.17, 15) is 10.2 Å². The molecule has 1 fully saturated rings. The summed E-state index contributed by atoms with van der Waals surface area (Å²) >= 11 is 5.77. The zero-order chi connectivity index (χ0) is 14.4. The maximum absolute atomic E-state index is 10.0. The van der Waals surface area contributed by atoms with E-state index in [-0.39, 0.29) is 6.61 Å². The zero-order valence-electron chi connectivity index (χ0n) is 11.2. The van der Waals surface area contributed by atoms with E-state index in [4.69, 9.17) is 21.1 Å². The predicted octanol–water partition coefficient (Wildman–Crippen LogP) is 0.821. The summed E-state index contributed by atoms with van der Waals surface area (Å²) in [6.45, 7) is 1.88. The molecule has 3 N–H and O–H groups in total. The van der Waals surface area contributed by atoms with Crippen molar-refractivity contribution < 1.29 is 19.7 Å². The molecule has 0 radical (unpaired) electrons. The van der Waals surface area contributed by atoms with Gasteiger partial charge in [0.25, 0.3) is 0 Å². The largest absolute Gasteiger partial charge is 0.491 e. The number of benzene rings is 1. The fraction of sp³-hybridized carbons (Fsp3) is 0.571. The molecule has 0 bridgehead atoms. The number of ether oxygens (including phenoxy) is 2. The van der Waals surface area contributed by atoms with E-state index in [1.807, 2.05) is 0 Å². The van der Waals surface area contributed by atoms with Crippen molar-refractivity contribution in [3.05, 3.63) is 29.3 Å². The molecule has 2 rings (SSSR count). The van der Waals surface area contributed by atoms with E-state index in [0.29, 0.717) is 43.5 Å². The van der Waals surface area contributed by atoms with Gasteiger partial charge in [0, 0.05) is 31.1 Å². The number of aliphatic hydroxyl groups excluding tert-OH is 1. The number of nitrogens with one attached hydrogen (secondary N) is 1. The highest BCUT2D eigenvalue weighted by molar-refractivity contribution is 6.30. The van der Waals surface area contributed by atoms with Gasteiger partial charge < -0.3 is 25.0 Å². The lowest BCUT2D eigenvalue weighted by atomic mass is 10.0. The molecule has 1 saturated heterocycles. The van der Waals surface area contributed by atoms with Crippen LogP contribution in [0.25, 0.3) is 0 Å². The Bertz CT molecular complexity index is 406. The second kappa shape index (κ2) is 7.24. The monoisotopic (exact) mass is 301 g/mol. The Labute approximate surface area is 123 Å². The number of halogens is 1. The Morgan fingerprint density at radius 3 is 2.80 bits per heavy atom. The third-order valence-corrected chi connectivity index (χ3v) is 3.42. The lowest BCUT2D eigenvalue weighted by Gasteiger charge is -2.22. The minimum atomic E-state index is -0.809. The van der Waals surface area contributed by atoms with Crippen molar-refractivity contribution >= 4 is 11.6 Å². The maximum Gasteiger partial charge on any atom is 0.119 e. The normalized spacial score (nSPS) is 23.8. The summed E-state index contributed by atoms with van der Waals surface area (Å²) in [6.07, 6.45) is -0.0196. The molecule has 5 nitrogen and oxygen atoms in total. The molecule has 6 heteroatoms. The van der Waals surface area contributed by atoms with Gasteiger partial charge in [-0.25, -0.2) is 0 Å². The van der Waals surface area contributed by atoms with Gasteiger partial charge in [-0.2, -0.15) is 0 Å². The summed E-state index contributed by atoms with van der Waals surface area (Å²) in [6, 6.07) is 6.97. The number of aliphatic hydroxyl groups is 2. The van der Waals surface area contributed by atoms with Gasteiger partial charge in [0.15, 0.2) is 0 Å². The average molecular weight is 302 g/mol. The lowest BCUT2D eigenvalue weighted by molar-refractivity contribution is 0.0226. The van der Waals surface area contributed by atoms with Gasteiger partial charge in [-0.15, -0.1) is 0 Å². The van der Waals surface area contributed by atoms with E-state index < -0.39 is 11.7 Å². The third kappa shape index (κ3) is 4.92. The predicted molar refractivity (Wildman–Crippen MR) is 76.2 cm³/mol. The molecule has 20 heavy (non-hydrogen) atoms. The Balaban J connectivity index is 1.62. The van der Waals surface area contributed by atoms with Gasteiger partial charge in [-0.3, -0.25) is 0 Å². The van der Waals surface area contributed by atoms with E-state index >= 15 is 0 Å². The molecule has 0 amide bonds. The lowest BCUT2D eigenvalue weighted by Crippen LogP contribution is -2.44. The molecule has 0 spiro atoms. The molecule has 1 aliphatic rings. The van der Waals surface area contributed by atoms with Crippen LogP contribution >= 0.6 is 11.6 Å². The van der Waals surface area contributed by atoms with Crippen LogP contribution in [0, 0.1) is 0 Å². The summed E-state index contributed by atoms with van der Waals surface area (Å²) in [4.78, 5) is 0. The second-order valence-corrected chi connectivity index (χ2v) is 5.51. The van der Waals surface area contributed by atoms with Crippen LogP contribution in [-0.2, 0) is 4.74 Å². The van der Waals surface area contributed by atoms with Gasteiger partial charge in [0.2, 0.25) is 0 Å². The number of hydrogen-bond acceptors (Lipinski definition) is 5. The molecule has 0 aliphatic carbocycles. The smallest absolute Gasteiger partial charge is 0.119 e. The van der Waals surface area contributed by atoms with Gasteiger partial charge in [-0.05, 0) is 24.3 Å². The van der Waals surface area contributed by atoms with Gasteiger partial charge in [-0.1, -0.05) is 11.6 Å². The Hall–Kier alpha value is -0.850. The first-order valence-electron chi connectivity index (χ1n) is 6.65. The molecule has 0 saturated carbocycles.